The number of hydrogen-bond donors (Lipinski definition) is 1. The Morgan fingerprint density at radius 3 is 2.55 bits per heavy atom. The van der Waals surface area contributed by atoms with Crippen molar-refractivity contribution in [1.29, 1.82) is 0 Å². The molecule has 1 aliphatic heterocycles. The molecule has 1 aromatic heterocycles. The van der Waals surface area contributed by atoms with Crippen LogP contribution in [0, 0.1) is 13.8 Å². The lowest BCUT2D eigenvalue weighted by Gasteiger charge is -2.29. The van der Waals surface area contributed by atoms with Gasteiger partial charge in [-0.05, 0) is 49.1 Å². The van der Waals surface area contributed by atoms with Gasteiger partial charge in [-0.15, -0.1) is 0 Å². The summed E-state index contributed by atoms with van der Waals surface area (Å²) < 4.78 is 1.56. The standard InChI is InChI=1S/C27H32N4O2/c1-18(2)26-29-24-16-30(15-21-8-6-5-7-9-21)13-12-23(24)27(33)31(26)17-25(32)28-22-11-10-19(3)20(4)14-22/h5-11,14,18H,12-13,15-17H2,1-4H3,(H,28,32). The predicted octanol–water partition coefficient (Wildman–Crippen LogP) is 4.18. The van der Waals surface area contributed by atoms with Crippen molar-refractivity contribution in [2.24, 2.45) is 0 Å². The fourth-order valence-corrected chi connectivity index (χ4v) is 4.33. The topological polar surface area (TPSA) is 67.2 Å². The van der Waals surface area contributed by atoms with E-state index < -0.39 is 0 Å². The van der Waals surface area contributed by atoms with Gasteiger partial charge in [-0.2, -0.15) is 0 Å². The van der Waals surface area contributed by atoms with Crippen molar-refractivity contribution < 1.29 is 4.79 Å². The Balaban J connectivity index is 1.56. The van der Waals surface area contributed by atoms with E-state index >= 15 is 0 Å². The maximum absolute atomic E-state index is 13.4. The number of rotatable bonds is 6. The van der Waals surface area contributed by atoms with Gasteiger partial charge < -0.3 is 5.32 Å². The smallest absolute Gasteiger partial charge is 0.257 e. The van der Waals surface area contributed by atoms with Gasteiger partial charge in [0, 0.05) is 36.8 Å². The number of anilines is 1. The molecule has 33 heavy (non-hydrogen) atoms. The third-order valence-corrected chi connectivity index (χ3v) is 6.29. The molecule has 3 aromatic rings. The highest BCUT2D eigenvalue weighted by Gasteiger charge is 2.25. The number of carbonyl (C=O) groups excluding carboxylic acids is 1. The molecule has 4 rings (SSSR count). The van der Waals surface area contributed by atoms with E-state index in [-0.39, 0.29) is 23.9 Å². The zero-order chi connectivity index (χ0) is 23.5. The molecule has 0 aliphatic carbocycles. The molecule has 2 heterocycles. The molecule has 6 nitrogen and oxygen atoms in total. The van der Waals surface area contributed by atoms with Crippen LogP contribution in [0.4, 0.5) is 5.69 Å². The molecule has 1 aliphatic rings. The van der Waals surface area contributed by atoms with Crippen LogP contribution < -0.4 is 10.9 Å². The summed E-state index contributed by atoms with van der Waals surface area (Å²) in [4.78, 5) is 33.5. The Morgan fingerprint density at radius 1 is 1.09 bits per heavy atom. The minimum Gasteiger partial charge on any atom is -0.325 e. The van der Waals surface area contributed by atoms with Crippen LogP contribution in [0.2, 0.25) is 0 Å². The van der Waals surface area contributed by atoms with Gasteiger partial charge >= 0.3 is 0 Å². The third kappa shape index (κ3) is 5.22. The third-order valence-electron chi connectivity index (χ3n) is 6.29. The molecule has 0 unspecified atom stereocenters. The molecular weight excluding hydrogens is 412 g/mol. The van der Waals surface area contributed by atoms with E-state index in [1.807, 2.05) is 64.1 Å². The number of aryl methyl sites for hydroxylation is 2. The Hall–Kier alpha value is -3.25. The van der Waals surface area contributed by atoms with Crippen molar-refractivity contribution in [3.8, 4) is 0 Å². The van der Waals surface area contributed by atoms with E-state index in [4.69, 9.17) is 4.98 Å². The first-order chi connectivity index (χ1) is 15.8. The number of hydrogen-bond acceptors (Lipinski definition) is 4. The number of aromatic nitrogens is 2. The second-order valence-electron chi connectivity index (χ2n) is 9.23. The summed E-state index contributed by atoms with van der Waals surface area (Å²) in [5.41, 5.74) is 5.78. The van der Waals surface area contributed by atoms with Crippen LogP contribution >= 0.6 is 0 Å². The van der Waals surface area contributed by atoms with Crippen molar-refractivity contribution in [3.63, 3.8) is 0 Å². The van der Waals surface area contributed by atoms with Crippen molar-refractivity contribution in [3.05, 3.63) is 92.7 Å². The number of benzene rings is 2. The van der Waals surface area contributed by atoms with Crippen LogP contribution in [0.3, 0.4) is 0 Å². The van der Waals surface area contributed by atoms with Gasteiger partial charge in [0.25, 0.3) is 5.56 Å². The summed E-state index contributed by atoms with van der Waals surface area (Å²) >= 11 is 0. The molecule has 6 heteroatoms. The molecule has 2 aromatic carbocycles. The Bertz CT molecular complexity index is 1210. The molecule has 0 saturated carbocycles. The summed E-state index contributed by atoms with van der Waals surface area (Å²) in [5, 5.41) is 2.93. The molecule has 0 radical (unpaired) electrons. The second-order valence-corrected chi connectivity index (χ2v) is 9.23. The highest BCUT2D eigenvalue weighted by Crippen LogP contribution is 2.20. The van der Waals surface area contributed by atoms with Crippen molar-refractivity contribution in [1.82, 2.24) is 14.5 Å². The van der Waals surface area contributed by atoms with Crippen LogP contribution in [0.25, 0.3) is 0 Å². The van der Waals surface area contributed by atoms with Crippen LogP contribution in [0.1, 0.15) is 53.5 Å². The first-order valence-electron chi connectivity index (χ1n) is 11.6. The number of fused-ring (bicyclic) bond motifs is 1. The lowest BCUT2D eigenvalue weighted by atomic mass is 10.0. The lowest BCUT2D eigenvalue weighted by molar-refractivity contribution is -0.116. The van der Waals surface area contributed by atoms with E-state index in [2.05, 4.69) is 22.3 Å². The summed E-state index contributed by atoms with van der Waals surface area (Å²) in [6.07, 6.45) is 0.644. The molecule has 1 amide bonds. The van der Waals surface area contributed by atoms with Crippen molar-refractivity contribution in [2.45, 2.75) is 59.7 Å². The minimum atomic E-state index is -0.217. The first-order valence-corrected chi connectivity index (χ1v) is 11.6. The SMILES string of the molecule is Cc1ccc(NC(=O)Cn2c(C(C)C)nc3c(c2=O)CCN(Cc2ccccc2)C3)cc1C. The summed E-state index contributed by atoms with van der Waals surface area (Å²) in [6, 6.07) is 16.2. The van der Waals surface area contributed by atoms with Gasteiger partial charge in [0.1, 0.15) is 12.4 Å². The van der Waals surface area contributed by atoms with Gasteiger partial charge in [-0.3, -0.25) is 19.1 Å². The average Bonchev–Trinajstić information content (AvgIpc) is 2.78. The number of nitrogens with zero attached hydrogens (tertiary/aromatic N) is 3. The van der Waals surface area contributed by atoms with E-state index in [1.54, 1.807) is 4.57 Å². The molecule has 0 atom stereocenters. The Labute approximate surface area is 195 Å². The fraction of sp³-hybridized carbons (Fsp3) is 0.370. The van der Waals surface area contributed by atoms with Crippen molar-refractivity contribution >= 4 is 11.6 Å². The van der Waals surface area contributed by atoms with E-state index in [9.17, 15) is 9.59 Å². The maximum Gasteiger partial charge on any atom is 0.257 e. The van der Waals surface area contributed by atoms with Gasteiger partial charge in [-0.1, -0.05) is 50.2 Å². The summed E-state index contributed by atoms with van der Waals surface area (Å²) in [5.74, 6) is 0.475. The molecule has 172 valence electrons. The number of amides is 1. The fourth-order valence-electron chi connectivity index (χ4n) is 4.33. The van der Waals surface area contributed by atoms with Crippen LogP contribution in [0.5, 0.6) is 0 Å². The Morgan fingerprint density at radius 2 is 1.85 bits per heavy atom. The largest absolute Gasteiger partial charge is 0.325 e. The Kier molecular flexibility index (Phi) is 6.75. The maximum atomic E-state index is 13.4. The normalized spacial score (nSPS) is 13.7. The van der Waals surface area contributed by atoms with E-state index in [1.165, 1.54) is 11.1 Å². The molecular formula is C27H32N4O2. The monoisotopic (exact) mass is 444 g/mol. The quantitative estimate of drug-likeness (QED) is 0.619. The van der Waals surface area contributed by atoms with Gasteiger partial charge in [0.15, 0.2) is 0 Å². The van der Waals surface area contributed by atoms with E-state index in [0.29, 0.717) is 18.8 Å². The summed E-state index contributed by atoms with van der Waals surface area (Å²) in [6.45, 7) is 10.3. The molecule has 0 fully saturated rings. The van der Waals surface area contributed by atoms with E-state index in [0.717, 1.165) is 35.6 Å². The molecule has 0 spiro atoms. The molecule has 0 saturated heterocycles. The predicted molar refractivity (Wildman–Crippen MR) is 131 cm³/mol. The number of nitrogens with one attached hydrogen (secondary N) is 1. The second kappa shape index (κ2) is 9.71. The molecule has 1 N–H and O–H groups in total. The lowest BCUT2D eigenvalue weighted by Crippen LogP contribution is -2.40. The minimum absolute atomic E-state index is 0.0296. The van der Waals surface area contributed by atoms with Crippen LogP contribution in [-0.2, 0) is 30.8 Å². The average molecular weight is 445 g/mol. The van der Waals surface area contributed by atoms with Gasteiger partial charge in [0.2, 0.25) is 5.91 Å². The highest BCUT2D eigenvalue weighted by molar-refractivity contribution is 5.90. The van der Waals surface area contributed by atoms with Gasteiger partial charge in [0.05, 0.1) is 5.69 Å². The number of carbonyl (C=O) groups is 1. The highest BCUT2D eigenvalue weighted by atomic mass is 16.2. The van der Waals surface area contributed by atoms with Crippen molar-refractivity contribution in [2.75, 3.05) is 11.9 Å². The van der Waals surface area contributed by atoms with Crippen LogP contribution in [0.15, 0.2) is 53.3 Å². The zero-order valence-corrected chi connectivity index (χ0v) is 19.9. The van der Waals surface area contributed by atoms with Crippen LogP contribution in [-0.4, -0.2) is 26.9 Å². The summed E-state index contributed by atoms with van der Waals surface area (Å²) in [7, 11) is 0. The first kappa shape index (κ1) is 22.9. The zero-order valence-electron chi connectivity index (χ0n) is 19.9. The molecule has 0 bridgehead atoms. The van der Waals surface area contributed by atoms with Gasteiger partial charge in [-0.25, -0.2) is 4.98 Å².